The van der Waals surface area contributed by atoms with E-state index in [-0.39, 0.29) is 5.44 Å². The third kappa shape index (κ3) is 2.38. The summed E-state index contributed by atoms with van der Waals surface area (Å²) in [4.78, 5) is 7.77. The first kappa shape index (κ1) is 8.33. The summed E-state index contributed by atoms with van der Waals surface area (Å²) < 4.78 is 5.26. The van der Waals surface area contributed by atoms with Crippen LogP contribution in [0.5, 0.6) is 5.88 Å². The van der Waals surface area contributed by atoms with E-state index in [4.69, 9.17) is 4.74 Å². The van der Waals surface area contributed by atoms with Crippen molar-refractivity contribution in [1.29, 1.82) is 0 Å². The van der Waals surface area contributed by atoms with E-state index in [0.717, 1.165) is 5.56 Å². The molecule has 4 heteroatoms. The Kier molecular flexibility index (Phi) is 2.70. The van der Waals surface area contributed by atoms with E-state index in [0.29, 0.717) is 5.88 Å². The molecule has 1 atom stereocenters. The van der Waals surface area contributed by atoms with Gasteiger partial charge in [0.15, 0.2) is 0 Å². The first-order valence-corrected chi connectivity index (χ1v) is 3.83. The summed E-state index contributed by atoms with van der Waals surface area (Å²) in [5.74, 6) is 0.600. The summed E-state index contributed by atoms with van der Waals surface area (Å²) in [5.41, 5.74) is 0.789. The second kappa shape index (κ2) is 3.57. The molecule has 0 N–H and O–H groups in total. The molecule has 0 bridgehead atoms. The van der Waals surface area contributed by atoms with Crippen LogP contribution in [-0.2, 0) is 0 Å². The van der Waals surface area contributed by atoms with Crippen LogP contribution in [0.3, 0.4) is 0 Å². The molecule has 0 aliphatic rings. The number of hydrogen-bond acceptors (Lipinski definition) is 4. The van der Waals surface area contributed by atoms with Crippen LogP contribution >= 0.6 is 12.6 Å². The molecule has 60 valence electrons. The molecule has 11 heavy (non-hydrogen) atoms. The molecule has 3 nitrogen and oxygen atoms in total. The van der Waals surface area contributed by atoms with Gasteiger partial charge in [0.1, 0.15) is 11.8 Å². The van der Waals surface area contributed by atoms with Crippen molar-refractivity contribution in [3.05, 3.63) is 18.1 Å². The maximum Gasteiger partial charge on any atom is 0.220 e. The Hall–Kier alpha value is -0.770. The van der Waals surface area contributed by atoms with Crippen LogP contribution in [-0.4, -0.2) is 15.4 Å². The Morgan fingerprint density at radius 2 is 2.36 bits per heavy atom. The summed E-state index contributed by atoms with van der Waals surface area (Å²) in [6.45, 7) is 3.73. The Morgan fingerprint density at radius 3 is 2.91 bits per heavy atom. The summed E-state index contributed by atoms with van der Waals surface area (Å²) in [7, 11) is 0. The smallest absolute Gasteiger partial charge is 0.220 e. The van der Waals surface area contributed by atoms with Crippen LogP contribution in [0.4, 0.5) is 0 Å². The maximum atomic E-state index is 5.26. The lowest BCUT2D eigenvalue weighted by atomic mass is 10.4. The molecule has 1 aromatic rings. The van der Waals surface area contributed by atoms with E-state index in [9.17, 15) is 0 Å². The Bertz CT molecular complexity index is 240. The van der Waals surface area contributed by atoms with Crippen molar-refractivity contribution in [2.45, 2.75) is 19.3 Å². The van der Waals surface area contributed by atoms with Crippen molar-refractivity contribution in [2.24, 2.45) is 0 Å². The van der Waals surface area contributed by atoms with Crippen LogP contribution in [0.1, 0.15) is 12.5 Å². The first-order valence-electron chi connectivity index (χ1n) is 3.31. The van der Waals surface area contributed by atoms with Crippen LogP contribution in [0.2, 0.25) is 0 Å². The van der Waals surface area contributed by atoms with Crippen LogP contribution in [0.25, 0.3) is 0 Å². The van der Waals surface area contributed by atoms with Gasteiger partial charge in [0, 0.05) is 11.8 Å². The lowest BCUT2D eigenvalue weighted by molar-refractivity contribution is 0.294. The predicted octanol–water partition coefficient (Wildman–Crippen LogP) is 1.44. The number of thiol groups is 1. The second-order valence-electron chi connectivity index (χ2n) is 2.23. The SMILES string of the molecule is Cc1cncnc1OC(C)S. The van der Waals surface area contributed by atoms with Crippen molar-refractivity contribution in [1.82, 2.24) is 9.97 Å². The van der Waals surface area contributed by atoms with Gasteiger partial charge in [-0.25, -0.2) is 9.97 Å². The highest BCUT2D eigenvalue weighted by Crippen LogP contribution is 2.13. The number of aromatic nitrogens is 2. The summed E-state index contributed by atoms with van der Waals surface area (Å²) >= 11 is 4.07. The maximum absolute atomic E-state index is 5.26. The largest absolute Gasteiger partial charge is 0.464 e. The molecular weight excluding hydrogens is 160 g/mol. The highest BCUT2D eigenvalue weighted by molar-refractivity contribution is 7.80. The van der Waals surface area contributed by atoms with Gasteiger partial charge in [-0.3, -0.25) is 0 Å². The fourth-order valence-corrected chi connectivity index (χ4v) is 0.773. The topological polar surface area (TPSA) is 35.0 Å². The van der Waals surface area contributed by atoms with Gasteiger partial charge < -0.3 is 4.74 Å². The molecule has 1 heterocycles. The predicted molar refractivity (Wildman–Crippen MR) is 45.8 cm³/mol. The molecular formula is C7H10N2OS. The third-order valence-corrected chi connectivity index (χ3v) is 1.23. The Balaban J connectivity index is 2.78. The molecule has 0 fully saturated rings. The summed E-state index contributed by atoms with van der Waals surface area (Å²) in [6, 6.07) is 0. The van der Waals surface area contributed by atoms with Crippen LogP contribution < -0.4 is 4.74 Å². The number of nitrogens with zero attached hydrogens (tertiary/aromatic N) is 2. The minimum atomic E-state index is -0.136. The van der Waals surface area contributed by atoms with Crippen molar-refractivity contribution < 1.29 is 4.74 Å². The monoisotopic (exact) mass is 170 g/mol. The standard InChI is InChI=1S/C7H10N2OS/c1-5-3-8-4-9-7(5)10-6(2)11/h3-4,6,11H,1-2H3. The van der Waals surface area contributed by atoms with Gasteiger partial charge in [0.2, 0.25) is 5.88 Å². The van der Waals surface area contributed by atoms with Gasteiger partial charge >= 0.3 is 0 Å². The molecule has 0 aliphatic carbocycles. The zero-order valence-corrected chi connectivity index (χ0v) is 7.38. The normalized spacial score (nSPS) is 12.6. The quantitative estimate of drug-likeness (QED) is 0.539. The van der Waals surface area contributed by atoms with Gasteiger partial charge in [-0.15, -0.1) is 12.6 Å². The molecule has 0 amide bonds. The van der Waals surface area contributed by atoms with Gasteiger partial charge in [-0.2, -0.15) is 0 Å². The minimum Gasteiger partial charge on any atom is -0.464 e. The van der Waals surface area contributed by atoms with Crippen LogP contribution in [0.15, 0.2) is 12.5 Å². The Labute approximate surface area is 71.2 Å². The van der Waals surface area contributed by atoms with Gasteiger partial charge in [-0.05, 0) is 13.8 Å². The molecule has 0 radical (unpaired) electrons. The van der Waals surface area contributed by atoms with Crippen molar-refractivity contribution >= 4 is 12.6 Å². The zero-order chi connectivity index (χ0) is 8.27. The van der Waals surface area contributed by atoms with E-state index in [2.05, 4.69) is 22.6 Å². The van der Waals surface area contributed by atoms with E-state index < -0.39 is 0 Å². The number of ether oxygens (including phenoxy) is 1. The molecule has 1 rings (SSSR count). The molecule has 0 aromatic carbocycles. The number of rotatable bonds is 2. The fourth-order valence-electron chi connectivity index (χ4n) is 0.673. The van der Waals surface area contributed by atoms with Gasteiger partial charge in [0.25, 0.3) is 0 Å². The third-order valence-electron chi connectivity index (χ3n) is 1.13. The molecule has 1 unspecified atom stereocenters. The van der Waals surface area contributed by atoms with E-state index in [1.807, 2.05) is 13.8 Å². The van der Waals surface area contributed by atoms with E-state index in [1.165, 1.54) is 6.33 Å². The van der Waals surface area contributed by atoms with E-state index >= 15 is 0 Å². The van der Waals surface area contributed by atoms with Crippen molar-refractivity contribution in [2.75, 3.05) is 0 Å². The average Bonchev–Trinajstić information content (AvgIpc) is 1.93. The second-order valence-corrected chi connectivity index (χ2v) is 2.96. The Morgan fingerprint density at radius 1 is 1.64 bits per heavy atom. The zero-order valence-electron chi connectivity index (χ0n) is 6.48. The van der Waals surface area contributed by atoms with Crippen LogP contribution in [0, 0.1) is 6.92 Å². The minimum absolute atomic E-state index is 0.136. The molecule has 0 spiro atoms. The fraction of sp³-hybridized carbons (Fsp3) is 0.429. The van der Waals surface area contributed by atoms with Gasteiger partial charge in [0.05, 0.1) is 0 Å². The number of aryl methyl sites for hydroxylation is 1. The summed E-state index contributed by atoms with van der Waals surface area (Å²) in [5, 5.41) is 0. The highest BCUT2D eigenvalue weighted by atomic mass is 32.1. The lowest BCUT2D eigenvalue weighted by Crippen LogP contribution is -2.05. The highest BCUT2D eigenvalue weighted by Gasteiger charge is 2.01. The van der Waals surface area contributed by atoms with Crippen molar-refractivity contribution in [3.8, 4) is 5.88 Å². The molecule has 0 saturated carbocycles. The van der Waals surface area contributed by atoms with Gasteiger partial charge in [-0.1, -0.05) is 0 Å². The number of hydrogen-bond donors (Lipinski definition) is 1. The summed E-state index contributed by atoms with van der Waals surface area (Å²) in [6.07, 6.45) is 3.16. The first-order chi connectivity index (χ1) is 5.20. The lowest BCUT2D eigenvalue weighted by Gasteiger charge is -2.08. The molecule has 0 aliphatic heterocycles. The molecule has 0 saturated heterocycles. The van der Waals surface area contributed by atoms with E-state index in [1.54, 1.807) is 6.20 Å². The van der Waals surface area contributed by atoms with Crippen molar-refractivity contribution in [3.63, 3.8) is 0 Å². The molecule has 1 aromatic heterocycles. The average molecular weight is 170 g/mol.